The summed E-state index contributed by atoms with van der Waals surface area (Å²) >= 11 is 0. The minimum atomic E-state index is -0.423. The fourth-order valence-electron chi connectivity index (χ4n) is 5.38. The average Bonchev–Trinajstić information content (AvgIpc) is 3.31. The molecule has 0 spiro atoms. The van der Waals surface area contributed by atoms with Crippen molar-refractivity contribution < 1.29 is 9.21 Å². The van der Waals surface area contributed by atoms with E-state index in [1.807, 2.05) is 85.8 Å². The Morgan fingerprint density at radius 3 is 2.50 bits per heavy atom. The van der Waals surface area contributed by atoms with Crippen molar-refractivity contribution in [2.75, 3.05) is 6.54 Å². The lowest BCUT2D eigenvalue weighted by Gasteiger charge is -2.42. The molecule has 2 aromatic heterocycles. The Hall–Kier alpha value is -4.23. The summed E-state index contributed by atoms with van der Waals surface area (Å²) in [5.41, 5.74) is 10.2. The smallest absolute Gasteiger partial charge is 0.297 e. The first-order chi connectivity index (χ1) is 18.4. The fraction of sp³-hybridized carbons (Fsp3) is 0.258. The van der Waals surface area contributed by atoms with Crippen LogP contribution in [0.15, 0.2) is 88.1 Å². The summed E-state index contributed by atoms with van der Waals surface area (Å²) < 4.78 is 7.67. The molecule has 0 bridgehead atoms. The number of nitrogens with two attached hydrogens (primary N) is 1. The Kier molecular flexibility index (Phi) is 6.08. The maximum Gasteiger partial charge on any atom is 0.297 e. The Balaban J connectivity index is 1.56. The van der Waals surface area contributed by atoms with Crippen LogP contribution in [0.5, 0.6) is 0 Å². The zero-order valence-corrected chi connectivity index (χ0v) is 21.5. The van der Waals surface area contributed by atoms with Gasteiger partial charge in [-0.1, -0.05) is 67.1 Å². The number of fused-ring (bicyclic) bond motifs is 3. The normalized spacial score (nSPS) is 19.8. The van der Waals surface area contributed by atoms with Crippen LogP contribution in [-0.4, -0.2) is 32.9 Å². The topological polar surface area (TPSA) is 94.4 Å². The third-order valence-corrected chi connectivity index (χ3v) is 7.66. The van der Waals surface area contributed by atoms with Crippen LogP contribution in [0.1, 0.15) is 46.7 Å². The number of amides is 1. The molecule has 3 heterocycles. The van der Waals surface area contributed by atoms with Crippen molar-refractivity contribution in [3.63, 3.8) is 0 Å². The van der Waals surface area contributed by atoms with Crippen molar-refractivity contribution in [1.82, 2.24) is 14.5 Å². The number of carbonyl (C=O) groups excluding carboxylic acids is 1. The third-order valence-electron chi connectivity index (χ3n) is 7.66. The number of likely N-dealkylation sites (tertiary alicyclic amines) is 1. The molecule has 2 N–H and O–H groups in total. The number of nitrogens with zero attached hydrogens (tertiary/aromatic N) is 3. The second kappa shape index (κ2) is 9.58. The molecule has 0 aliphatic carbocycles. The van der Waals surface area contributed by atoms with E-state index in [0.717, 1.165) is 16.5 Å². The molecule has 3 atom stereocenters. The summed E-state index contributed by atoms with van der Waals surface area (Å²) in [6.45, 7) is 4.78. The molecule has 0 radical (unpaired) electrons. The van der Waals surface area contributed by atoms with Crippen molar-refractivity contribution in [2.24, 2.45) is 11.7 Å². The van der Waals surface area contributed by atoms with E-state index in [2.05, 4.69) is 6.92 Å². The third kappa shape index (κ3) is 4.19. The molecule has 5 aromatic rings. The Bertz CT molecular complexity index is 1690. The van der Waals surface area contributed by atoms with Crippen LogP contribution in [0.4, 0.5) is 0 Å². The minimum Gasteiger partial charge on any atom is -0.448 e. The van der Waals surface area contributed by atoms with E-state index < -0.39 is 6.04 Å². The van der Waals surface area contributed by atoms with Crippen LogP contribution in [0.25, 0.3) is 22.1 Å². The molecule has 192 valence electrons. The first-order valence-electron chi connectivity index (χ1n) is 13.0. The highest BCUT2D eigenvalue weighted by atomic mass is 16.3. The predicted molar refractivity (Wildman–Crippen MR) is 148 cm³/mol. The van der Waals surface area contributed by atoms with Crippen LogP contribution in [0, 0.1) is 12.8 Å². The highest BCUT2D eigenvalue weighted by Gasteiger charge is 2.38. The number of benzene rings is 3. The average molecular weight is 507 g/mol. The van der Waals surface area contributed by atoms with Crippen LogP contribution in [-0.2, 0) is 6.54 Å². The van der Waals surface area contributed by atoms with Gasteiger partial charge in [-0.3, -0.25) is 14.2 Å². The van der Waals surface area contributed by atoms with Gasteiger partial charge in [-0.2, -0.15) is 0 Å². The van der Waals surface area contributed by atoms with Gasteiger partial charge in [-0.25, -0.2) is 4.98 Å². The molecule has 0 saturated carbocycles. The number of aryl methyl sites for hydroxylation is 1. The molecule has 3 unspecified atom stereocenters. The van der Waals surface area contributed by atoms with E-state index >= 15 is 0 Å². The molecule has 1 aliphatic rings. The van der Waals surface area contributed by atoms with Crippen molar-refractivity contribution in [1.29, 1.82) is 0 Å². The largest absolute Gasteiger partial charge is 0.448 e. The SMILES string of the molecule is Cc1ccc(C(=O)N2CC(N)C(C)CC2c2nc3c(oc4ccccc43)c(=O)n2Cc2ccccc2)cc1. The second-order valence-corrected chi connectivity index (χ2v) is 10.3. The van der Waals surface area contributed by atoms with Crippen LogP contribution in [0.2, 0.25) is 0 Å². The van der Waals surface area contributed by atoms with Crippen LogP contribution < -0.4 is 11.3 Å². The summed E-state index contributed by atoms with van der Waals surface area (Å²) in [6.07, 6.45) is 0.599. The lowest BCUT2D eigenvalue weighted by molar-refractivity contribution is 0.0494. The molecule has 7 nitrogen and oxygen atoms in total. The molecule has 7 heteroatoms. The molecule has 1 amide bonds. The molecule has 1 fully saturated rings. The first-order valence-corrected chi connectivity index (χ1v) is 13.0. The summed E-state index contributed by atoms with van der Waals surface area (Å²) in [6, 6.07) is 24.3. The number of carbonyl (C=O) groups is 1. The lowest BCUT2D eigenvalue weighted by Crippen LogP contribution is -2.52. The van der Waals surface area contributed by atoms with Gasteiger partial charge >= 0.3 is 0 Å². The Labute approximate surface area is 220 Å². The maximum atomic E-state index is 14.0. The van der Waals surface area contributed by atoms with Gasteiger partial charge in [0.15, 0.2) is 0 Å². The van der Waals surface area contributed by atoms with E-state index in [0.29, 0.717) is 42.0 Å². The molecule has 6 rings (SSSR count). The molecular weight excluding hydrogens is 476 g/mol. The molecular formula is C31H30N4O3. The summed E-state index contributed by atoms with van der Waals surface area (Å²) in [5, 5.41) is 0.782. The highest BCUT2D eigenvalue weighted by molar-refractivity contribution is 6.02. The minimum absolute atomic E-state index is 0.116. The Morgan fingerprint density at radius 2 is 1.74 bits per heavy atom. The lowest BCUT2D eigenvalue weighted by atomic mass is 9.87. The first kappa shape index (κ1) is 24.1. The van der Waals surface area contributed by atoms with Gasteiger partial charge in [0.2, 0.25) is 5.58 Å². The zero-order chi connectivity index (χ0) is 26.4. The number of hydrogen-bond donors (Lipinski definition) is 1. The van der Waals surface area contributed by atoms with Crippen molar-refractivity contribution >= 4 is 28.0 Å². The zero-order valence-electron chi connectivity index (χ0n) is 21.5. The number of aromatic nitrogens is 2. The summed E-state index contributed by atoms with van der Waals surface area (Å²) in [5.74, 6) is 0.577. The molecule has 1 aliphatic heterocycles. The number of para-hydroxylation sites is 1. The summed E-state index contributed by atoms with van der Waals surface area (Å²) in [4.78, 5) is 34.7. The number of rotatable bonds is 4. The standard InChI is InChI=1S/C31H30N4O3/c1-19-12-14-22(15-13-19)30(36)34-18-24(32)20(2)16-25(34)29-33-27-23-10-6-7-11-26(23)38-28(27)31(37)35(29)17-21-8-4-3-5-9-21/h3-15,20,24-25H,16-18,32H2,1-2H3. The van der Waals surface area contributed by atoms with E-state index in [1.54, 1.807) is 9.47 Å². The highest BCUT2D eigenvalue weighted by Crippen LogP contribution is 2.35. The van der Waals surface area contributed by atoms with E-state index in [1.165, 1.54) is 0 Å². The number of furan rings is 1. The number of hydrogen-bond acceptors (Lipinski definition) is 5. The van der Waals surface area contributed by atoms with E-state index in [9.17, 15) is 9.59 Å². The molecule has 3 aromatic carbocycles. The Morgan fingerprint density at radius 1 is 1.03 bits per heavy atom. The molecule has 38 heavy (non-hydrogen) atoms. The van der Waals surface area contributed by atoms with Gasteiger partial charge in [-0.05, 0) is 49.1 Å². The van der Waals surface area contributed by atoms with Gasteiger partial charge in [0.25, 0.3) is 11.5 Å². The van der Waals surface area contributed by atoms with Crippen molar-refractivity contribution in [3.05, 3.63) is 112 Å². The fourth-order valence-corrected chi connectivity index (χ4v) is 5.38. The van der Waals surface area contributed by atoms with Gasteiger partial charge in [0, 0.05) is 23.5 Å². The monoisotopic (exact) mass is 506 g/mol. The maximum absolute atomic E-state index is 14.0. The van der Waals surface area contributed by atoms with E-state index in [-0.39, 0.29) is 29.0 Å². The van der Waals surface area contributed by atoms with Crippen molar-refractivity contribution in [2.45, 2.75) is 38.9 Å². The molecule has 1 saturated heterocycles. The van der Waals surface area contributed by atoms with E-state index in [4.69, 9.17) is 15.1 Å². The summed E-state index contributed by atoms with van der Waals surface area (Å²) in [7, 11) is 0. The van der Waals surface area contributed by atoms with Gasteiger partial charge in [0.1, 0.15) is 16.9 Å². The van der Waals surface area contributed by atoms with Gasteiger partial charge < -0.3 is 15.1 Å². The van der Waals surface area contributed by atoms with Crippen LogP contribution in [0.3, 0.4) is 0 Å². The van der Waals surface area contributed by atoms with Crippen LogP contribution >= 0.6 is 0 Å². The van der Waals surface area contributed by atoms with Gasteiger partial charge in [-0.15, -0.1) is 0 Å². The predicted octanol–water partition coefficient (Wildman–Crippen LogP) is 5.05. The quantitative estimate of drug-likeness (QED) is 0.368. The second-order valence-electron chi connectivity index (χ2n) is 10.3. The van der Waals surface area contributed by atoms with Crippen molar-refractivity contribution in [3.8, 4) is 0 Å². The number of piperidine rings is 1. The van der Waals surface area contributed by atoms with Gasteiger partial charge in [0.05, 0.1) is 12.6 Å².